The van der Waals surface area contributed by atoms with Gasteiger partial charge in [-0.3, -0.25) is 0 Å². The van der Waals surface area contributed by atoms with Crippen LogP contribution in [0.5, 0.6) is 0 Å². The van der Waals surface area contributed by atoms with Gasteiger partial charge in [-0.2, -0.15) is 13.5 Å². The summed E-state index contributed by atoms with van der Waals surface area (Å²) in [7, 11) is -3.88. The number of sulfonamides is 1. The molecule has 1 aliphatic heterocycles. The highest BCUT2D eigenvalue weighted by molar-refractivity contribution is 7.99. The molecule has 30 heavy (non-hydrogen) atoms. The first-order valence-corrected chi connectivity index (χ1v) is 11.4. The highest BCUT2D eigenvalue weighted by atomic mass is 32.2. The predicted octanol–water partition coefficient (Wildman–Crippen LogP) is 4.47. The van der Waals surface area contributed by atoms with Crippen LogP contribution < -0.4 is 0 Å². The Morgan fingerprint density at radius 2 is 1.57 bits per heavy atom. The van der Waals surface area contributed by atoms with Crippen molar-refractivity contribution in [3.05, 3.63) is 102 Å². The molecule has 1 aliphatic rings. The number of hydrogen-bond donors (Lipinski definition) is 1. The van der Waals surface area contributed by atoms with Gasteiger partial charge in [0.25, 0.3) is 10.0 Å². The van der Waals surface area contributed by atoms with Crippen LogP contribution in [0.25, 0.3) is 0 Å². The summed E-state index contributed by atoms with van der Waals surface area (Å²) in [5, 5.41) is 6.28. The first kappa shape index (κ1) is 20.4. The second kappa shape index (κ2) is 8.45. The molecular weight excluding hydrogens is 414 g/mol. The summed E-state index contributed by atoms with van der Waals surface area (Å²) in [5.41, 5.74) is 3.92. The van der Waals surface area contributed by atoms with Crippen molar-refractivity contribution < 1.29 is 8.42 Å². The van der Waals surface area contributed by atoms with Crippen molar-refractivity contribution in [3.63, 3.8) is 0 Å². The van der Waals surface area contributed by atoms with Crippen LogP contribution in [0.2, 0.25) is 0 Å². The SMILES string of the molecule is Cc1ccc(S(=O)(=O)/N=C(\S)N2CC(c3ccccc3)C(c3ccccc3)=N2)cc1. The second-order valence-corrected chi connectivity index (χ2v) is 9.08. The van der Waals surface area contributed by atoms with Crippen LogP contribution in [0, 0.1) is 6.92 Å². The van der Waals surface area contributed by atoms with Crippen LogP contribution in [0.4, 0.5) is 0 Å². The monoisotopic (exact) mass is 435 g/mol. The molecule has 0 amide bonds. The molecule has 1 heterocycles. The Balaban J connectivity index is 1.69. The summed E-state index contributed by atoms with van der Waals surface area (Å²) in [6.45, 7) is 2.36. The Morgan fingerprint density at radius 1 is 0.967 bits per heavy atom. The zero-order chi connectivity index (χ0) is 21.1. The molecule has 3 aromatic carbocycles. The van der Waals surface area contributed by atoms with E-state index in [1.54, 1.807) is 29.3 Å². The van der Waals surface area contributed by atoms with Crippen molar-refractivity contribution in [2.75, 3.05) is 6.54 Å². The Morgan fingerprint density at radius 3 is 2.20 bits per heavy atom. The third-order valence-electron chi connectivity index (χ3n) is 4.94. The van der Waals surface area contributed by atoms with Gasteiger partial charge in [0.2, 0.25) is 0 Å². The molecule has 7 heteroatoms. The van der Waals surface area contributed by atoms with Gasteiger partial charge in [0.15, 0.2) is 5.17 Å². The predicted molar refractivity (Wildman–Crippen MR) is 124 cm³/mol. The van der Waals surface area contributed by atoms with Gasteiger partial charge < -0.3 is 0 Å². The van der Waals surface area contributed by atoms with Gasteiger partial charge in [0.05, 0.1) is 17.2 Å². The van der Waals surface area contributed by atoms with E-state index in [4.69, 9.17) is 0 Å². The van der Waals surface area contributed by atoms with Gasteiger partial charge in [0, 0.05) is 5.92 Å². The summed E-state index contributed by atoms with van der Waals surface area (Å²) in [6, 6.07) is 26.5. The molecule has 0 saturated heterocycles. The van der Waals surface area contributed by atoms with Gasteiger partial charge >= 0.3 is 0 Å². The van der Waals surface area contributed by atoms with Crippen LogP contribution in [0.3, 0.4) is 0 Å². The number of thiol groups is 1. The molecule has 0 aromatic heterocycles. The molecule has 3 aromatic rings. The highest BCUT2D eigenvalue weighted by Gasteiger charge is 2.31. The topological polar surface area (TPSA) is 62.1 Å². The number of aryl methyl sites for hydroxylation is 1. The Hall–Kier alpha value is -2.90. The molecule has 4 rings (SSSR count). The fourth-order valence-electron chi connectivity index (χ4n) is 3.36. The van der Waals surface area contributed by atoms with Gasteiger partial charge in [-0.05, 0) is 30.2 Å². The summed E-state index contributed by atoms with van der Waals surface area (Å²) in [5.74, 6) is -0.0203. The number of hydrazone groups is 1. The smallest absolute Gasteiger partial charge is 0.241 e. The minimum Gasteiger partial charge on any atom is -0.241 e. The first-order chi connectivity index (χ1) is 14.4. The van der Waals surface area contributed by atoms with E-state index in [-0.39, 0.29) is 16.0 Å². The molecule has 0 radical (unpaired) electrons. The molecule has 152 valence electrons. The quantitative estimate of drug-likeness (QED) is 0.374. The van der Waals surface area contributed by atoms with Crippen molar-refractivity contribution in [2.24, 2.45) is 9.50 Å². The molecule has 0 saturated carbocycles. The Labute approximate surface area is 182 Å². The molecule has 0 fully saturated rings. The van der Waals surface area contributed by atoms with Crippen LogP contribution in [-0.4, -0.2) is 30.9 Å². The van der Waals surface area contributed by atoms with E-state index < -0.39 is 10.0 Å². The maximum Gasteiger partial charge on any atom is 0.284 e. The van der Waals surface area contributed by atoms with Crippen molar-refractivity contribution >= 4 is 33.5 Å². The largest absolute Gasteiger partial charge is 0.284 e. The normalized spacial score (nSPS) is 17.1. The fraction of sp³-hybridized carbons (Fsp3) is 0.130. The van der Waals surface area contributed by atoms with Crippen LogP contribution in [-0.2, 0) is 10.0 Å². The first-order valence-electron chi connectivity index (χ1n) is 9.51. The third-order valence-corrected chi connectivity index (χ3v) is 6.68. The second-order valence-electron chi connectivity index (χ2n) is 7.08. The van der Waals surface area contributed by atoms with E-state index in [0.717, 1.165) is 22.4 Å². The number of hydrogen-bond acceptors (Lipinski definition) is 3. The molecule has 1 atom stereocenters. The van der Waals surface area contributed by atoms with E-state index in [2.05, 4.69) is 22.1 Å². The minimum atomic E-state index is -3.88. The zero-order valence-corrected chi connectivity index (χ0v) is 18.1. The van der Waals surface area contributed by atoms with E-state index in [1.807, 2.05) is 67.6 Å². The number of amidine groups is 1. The van der Waals surface area contributed by atoms with Crippen LogP contribution >= 0.6 is 12.6 Å². The highest BCUT2D eigenvalue weighted by Crippen LogP contribution is 2.29. The summed E-state index contributed by atoms with van der Waals surface area (Å²) >= 11 is 4.38. The van der Waals surface area contributed by atoms with E-state index in [1.165, 1.54) is 0 Å². The third kappa shape index (κ3) is 4.32. The number of benzene rings is 3. The Bertz CT molecular complexity index is 1190. The fourth-order valence-corrected chi connectivity index (χ4v) is 4.70. The lowest BCUT2D eigenvalue weighted by Gasteiger charge is -2.15. The zero-order valence-electron chi connectivity index (χ0n) is 16.4. The van der Waals surface area contributed by atoms with Crippen molar-refractivity contribution in [1.29, 1.82) is 0 Å². The molecule has 1 unspecified atom stereocenters. The standard InChI is InChI=1S/C23H21N3O2S2/c1-17-12-14-20(15-13-17)30(27,28)25-23(29)26-16-21(18-8-4-2-5-9-18)22(24-26)19-10-6-3-7-11-19/h2-15,21H,16H2,1H3,(H,25,29). The lowest BCUT2D eigenvalue weighted by Crippen LogP contribution is -2.23. The Kier molecular flexibility index (Phi) is 5.74. The molecule has 5 nitrogen and oxygen atoms in total. The van der Waals surface area contributed by atoms with E-state index >= 15 is 0 Å². The number of rotatable bonds is 4. The maximum absolute atomic E-state index is 12.7. The maximum atomic E-state index is 12.7. The van der Waals surface area contributed by atoms with Gasteiger partial charge in [0.1, 0.15) is 0 Å². The molecule has 0 bridgehead atoms. The minimum absolute atomic E-state index is 0.0203. The molecule has 0 N–H and O–H groups in total. The lowest BCUT2D eigenvalue weighted by atomic mass is 9.91. The molecular formula is C23H21N3O2S2. The summed E-state index contributed by atoms with van der Waals surface area (Å²) < 4.78 is 29.3. The van der Waals surface area contributed by atoms with Crippen LogP contribution in [0.15, 0.2) is 99.3 Å². The van der Waals surface area contributed by atoms with E-state index in [9.17, 15) is 8.42 Å². The average Bonchev–Trinajstić information content (AvgIpc) is 3.21. The summed E-state index contributed by atoms with van der Waals surface area (Å²) in [4.78, 5) is 0.130. The van der Waals surface area contributed by atoms with Crippen molar-refractivity contribution in [2.45, 2.75) is 17.7 Å². The molecule has 0 spiro atoms. The van der Waals surface area contributed by atoms with Gasteiger partial charge in [-0.1, -0.05) is 78.4 Å². The van der Waals surface area contributed by atoms with Gasteiger partial charge in [-0.15, -0.1) is 17.0 Å². The molecule has 0 aliphatic carbocycles. The summed E-state index contributed by atoms with van der Waals surface area (Å²) in [6.07, 6.45) is 0. The van der Waals surface area contributed by atoms with Crippen LogP contribution in [0.1, 0.15) is 22.6 Å². The number of nitrogens with zero attached hydrogens (tertiary/aromatic N) is 3. The van der Waals surface area contributed by atoms with Gasteiger partial charge in [-0.25, -0.2) is 5.01 Å². The van der Waals surface area contributed by atoms with Crippen molar-refractivity contribution in [1.82, 2.24) is 5.01 Å². The van der Waals surface area contributed by atoms with Crippen molar-refractivity contribution in [3.8, 4) is 0 Å². The average molecular weight is 436 g/mol. The van der Waals surface area contributed by atoms with E-state index in [0.29, 0.717) is 6.54 Å². The lowest BCUT2D eigenvalue weighted by molar-refractivity contribution is 0.485.